The number of aromatic nitrogens is 2. The third kappa shape index (κ3) is 1.51. The highest BCUT2D eigenvalue weighted by atomic mass is 16.4. The number of β-amino-alcohol motifs (C(OH)–C–C–N with tert-alkyl or cyclic N) is 1. The van der Waals surface area contributed by atoms with Gasteiger partial charge in [-0.15, -0.1) is 0 Å². The number of carbonyl (C=O) groups is 1. The largest absolute Gasteiger partial charge is 0.476 e. The van der Waals surface area contributed by atoms with Gasteiger partial charge < -0.3 is 15.1 Å². The maximum absolute atomic E-state index is 10.6. The van der Waals surface area contributed by atoms with E-state index < -0.39 is 5.97 Å². The highest BCUT2D eigenvalue weighted by molar-refractivity contribution is 5.85. The number of nitrogens with zero attached hydrogens (tertiary/aromatic N) is 3. The molecule has 1 aliphatic heterocycles. The van der Waals surface area contributed by atoms with Gasteiger partial charge in [0.2, 0.25) is 0 Å². The van der Waals surface area contributed by atoms with Gasteiger partial charge in [-0.05, 0) is 0 Å². The number of hydrogen-bond acceptors (Lipinski definition) is 5. The highest BCUT2D eigenvalue weighted by Gasteiger charge is 2.26. The summed E-state index contributed by atoms with van der Waals surface area (Å²) in [4.78, 5) is 20.0. The van der Waals surface area contributed by atoms with Crippen LogP contribution in [0.5, 0.6) is 0 Å². The topological polar surface area (TPSA) is 86.5 Å². The van der Waals surface area contributed by atoms with E-state index in [4.69, 9.17) is 10.2 Å². The van der Waals surface area contributed by atoms with Crippen molar-refractivity contribution in [2.75, 3.05) is 18.0 Å². The summed E-state index contributed by atoms with van der Waals surface area (Å²) >= 11 is 0. The standard InChI is InChI=1S/C8H9N3O3/c12-5-3-11(4-5)7-2-9-1-6(10-7)8(13)14/h1-2,5,12H,3-4H2,(H,13,14). The van der Waals surface area contributed by atoms with E-state index in [1.807, 2.05) is 0 Å². The van der Waals surface area contributed by atoms with Gasteiger partial charge in [0.1, 0.15) is 5.82 Å². The van der Waals surface area contributed by atoms with Gasteiger partial charge in [0.25, 0.3) is 0 Å². The molecule has 0 aliphatic carbocycles. The van der Waals surface area contributed by atoms with E-state index >= 15 is 0 Å². The molecule has 0 bridgehead atoms. The molecule has 0 unspecified atom stereocenters. The molecule has 0 saturated carbocycles. The molecule has 0 spiro atoms. The predicted molar refractivity (Wildman–Crippen MR) is 47.2 cm³/mol. The second-order valence-electron chi connectivity index (χ2n) is 3.13. The van der Waals surface area contributed by atoms with E-state index in [1.54, 1.807) is 4.90 Å². The van der Waals surface area contributed by atoms with Gasteiger partial charge >= 0.3 is 5.97 Å². The molecule has 14 heavy (non-hydrogen) atoms. The Morgan fingerprint density at radius 2 is 2.21 bits per heavy atom. The first kappa shape index (κ1) is 8.89. The van der Waals surface area contributed by atoms with Crippen molar-refractivity contribution >= 4 is 11.8 Å². The molecule has 1 saturated heterocycles. The summed E-state index contributed by atoms with van der Waals surface area (Å²) in [6.07, 6.45) is 2.34. The van der Waals surface area contributed by atoms with E-state index in [0.717, 1.165) is 0 Å². The molecular weight excluding hydrogens is 186 g/mol. The lowest BCUT2D eigenvalue weighted by Crippen LogP contribution is -2.51. The smallest absolute Gasteiger partial charge is 0.356 e. The van der Waals surface area contributed by atoms with Gasteiger partial charge in [-0.2, -0.15) is 0 Å². The van der Waals surface area contributed by atoms with Crippen LogP contribution in [0.2, 0.25) is 0 Å². The van der Waals surface area contributed by atoms with Crippen LogP contribution in [0.15, 0.2) is 12.4 Å². The van der Waals surface area contributed by atoms with Crippen LogP contribution in [0.4, 0.5) is 5.82 Å². The molecule has 6 nitrogen and oxygen atoms in total. The first-order valence-corrected chi connectivity index (χ1v) is 4.15. The third-order valence-corrected chi connectivity index (χ3v) is 2.03. The average molecular weight is 195 g/mol. The zero-order valence-electron chi connectivity index (χ0n) is 7.29. The molecule has 1 aromatic rings. The van der Waals surface area contributed by atoms with Crippen LogP contribution in [-0.2, 0) is 0 Å². The first-order chi connectivity index (χ1) is 6.66. The fourth-order valence-electron chi connectivity index (χ4n) is 1.25. The van der Waals surface area contributed by atoms with Crippen molar-refractivity contribution in [2.24, 2.45) is 0 Å². The normalized spacial score (nSPS) is 16.5. The molecule has 1 aliphatic rings. The number of aliphatic hydroxyl groups is 1. The van der Waals surface area contributed by atoms with Crippen LogP contribution >= 0.6 is 0 Å². The van der Waals surface area contributed by atoms with Gasteiger partial charge in [-0.1, -0.05) is 0 Å². The van der Waals surface area contributed by atoms with E-state index in [9.17, 15) is 4.79 Å². The summed E-state index contributed by atoms with van der Waals surface area (Å²) in [5.74, 6) is -0.601. The molecule has 0 aromatic carbocycles. The zero-order chi connectivity index (χ0) is 10.1. The molecule has 1 fully saturated rings. The SMILES string of the molecule is O=C(O)c1cncc(N2CC(O)C2)n1. The van der Waals surface area contributed by atoms with Crippen molar-refractivity contribution in [3.05, 3.63) is 18.1 Å². The number of aromatic carboxylic acids is 1. The number of carboxylic acid groups (broad SMARTS) is 1. The Kier molecular flexibility index (Phi) is 2.05. The molecule has 6 heteroatoms. The summed E-state index contributed by atoms with van der Waals surface area (Å²) in [6.45, 7) is 0.968. The number of rotatable bonds is 2. The summed E-state index contributed by atoms with van der Waals surface area (Å²) < 4.78 is 0. The lowest BCUT2D eigenvalue weighted by atomic mass is 10.2. The Balaban J connectivity index is 2.18. The fourth-order valence-corrected chi connectivity index (χ4v) is 1.25. The second-order valence-corrected chi connectivity index (χ2v) is 3.13. The van der Waals surface area contributed by atoms with Crippen molar-refractivity contribution in [1.29, 1.82) is 0 Å². The molecule has 2 N–H and O–H groups in total. The highest BCUT2D eigenvalue weighted by Crippen LogP contribution is 2.17. The minimum atomic E-state index is -1.10. The summed E-state index contributed by atoms with van der Waals surface area (Å²) in [5, 5.41) is 17.7. The van der Waals surface area contributed by atoms with Crippen LogP contribution in [-0.4, -0.2) is 45.3 Å². The Hall–Kier alpha value is -1.69. The summed E-state index contributed by atoms with van der Waals surface area (Å²) in [5.41, 5.74) is -0.0797. The quantitative estimate of drug-likeness (QED) is 0.652. The van der Waals surface area contributed by atoms with Crippen molar-refractivity contribution in [2.45, 2.75) is 6.10 Å². The van der Waals surface area contributed by atoms with Gasteiger partial charge in [0, 0.05) is 13.1 Å². The van der Waals surface area contributed by atoms with Crippen LogP contribution in [0.1, 0.15) is 10.5 Å². The van der Waals surface area contributed by atoms with E-state index in [-0.39, 0.29) is 11.8 Å². The van der Waals surface area contributed by atoms with Crippen LogP contribution in [0, 0.1) is 0 Å². The predicted octanol–water partition coefficient (Wildman–Crippen LogP) is -0.644. The number of anilines is 1. The minimum absolute atomic E-state index is 0.0797. The number of hydrogen-bond donors (Lipinski definition) is 2. The summed E-state index contributed by atoms with van der Waals surface area (Å²) in [6, 6.07) is 0. The van der Waals surface area contributed by atoms with Crippen molar-refractivity contribution < 1.29 is 15.0 Å². The molecule has 2 heterocycles. The van der Waals surface area contributed by atoms with Gasteiger partial charge in [0.05, 0.1) is 18.5 Å². The molecule has 2 rings (SSSR count). The number of aliphatic hydroxyl groups excluding tert-OH is 1. The Morgan fingerprint density at radius 1 is 1.50 bits per heavy atom. The van der Waals surface area contributed by atoms with Gasteiger partial charge in [-0.3, -0.25) is 4.98 Å². The Morgan fingerprint density at radius 3 is 2.79 bits per heavy atom. The van der Waals surface area contributed by atoms with E-state index in [0.29, 0.717) is 18.9 Å². The van der Waals surface area contributed by atoms with Gasteiger partial charge in [-0.25, -0.2) is 9.78 Å². The number of carboxylic acids is 1. The van der Waals surface area contributed by atoms with Crippen molar-refractivity contribution in [3.63, 3.8) is 0 Å². The van der Waals surface area contributed by atoms with Crippen molar-refractivity contribution in [3.8, 4) is 0 Å². The summed E-state index contributed by atoms with van der Waals surface area (Å²) in [7, 11) is 0. The lowest BCUT2D eigenvalue weighted by Gasteiger charge is -2.36. The molecule has 74 valence electrons. The molecule has 0 radical (unpaired) electrons. The van der Waals surface area contributed by atoms with Crippen LogP contribution in [0.25, 0.3) is 0 Å². The fraction of sp³-hybridized carbons (Fsp3) is 0.375. The Labute approximate surface area is 79.8 Å². The second kappa shape index (κ2) is 3.22. The maximum Gasteiger partial charge on any atom is 0.356 e. The molecule has 0 atom stereocenters. The maximum atomic E-state index is 10.6. The molecule has 1 aromatic heterocycles. The third-order valence-electron chi connectivity index (χ3n) is 2.03. The zero-order valence-corrected chi connectivity index (χ0v) is 7.29. The molecular formula is C8H9N3O3. The first-order valence-electron chi connectivity index (χ1n) is 4.15. The molecule has 0 amide bonds. The van der Waals surface area contributed by atoms with E-state index in [1.165, 1.54) is 12.4 Å². The Bertz CT molecular complexity index is 363. The van der Waals surface area contributed by atoms with Crippen LogP contribution in [0.3, 0.4) is 0 Å². The monoisotopic (exact) mass is 195 g/mol. The minimum Gasteiger partial charge on any atom is -0.476 e. The van der Waals surface area contributed by atoms with E-state index in [2.05, 4.69) is 9.97 Å². The van der Waals surface area contributed by atoms with Crippen LogP contribution < -0.4 is 4.90 Å². The van der Waals surface area contributed by atoms with Gasteiger partial charge in [0.15, 0.2) is 5.69 Å². The van der Waals surface area contributed by atoms with Crippen molar-refractivity contribution in [1.82, 2.24) is 9.97 Å². The average Bonchev–Trinajstić information content (AvgIpc) is 2.13. The lowest BCUT2D eigenvalue weighted by molar-refractivity contribution is 0.0690.